The Kier molecular flexibility index (Phi) is 4.61. The maximum absolute atomic E-state index is 13.1. The van der Waals surface area contributed by atoms with Gasteiger partial charge in [0.2, 0.25) is 5.95 Å². The van der Waals surface area contributed by atoms with Crippen molar-refractivity contribution in [2.45, 2.75) is 38.0 Å². The molecule has 1 saturated carbocycles. The molecule has 4 rings (SSSR count). The van der Waals surface area contributed by atoms with Crippen molar-refractivity contribution < 1.29 is 13.2 Å². The number of nitrogens with zero attached hydrogens (tertiary/aromatic N) is 7. The van der Waals surface area contributed by atoms with E-state index in [1.807, 2.05) is 0 Å². The Balaban J connectivity index is 1.50. The highest BCUT2D eigenvalue weighted by Gasteiger charge is 2.36. The fourth-order valence-electron chi connectivity index (χ4n) is 3.13. The highest BCUT2D eigenvalue weighted by molar-refractivity contribution is 5.54. The van der Waals surface area contributed by atoms with Gasteiger partial charge in [0.1, 0.15) is 17.2 Å². The van der Waals surface area contributed by atoms with Gasteiger partial charge in [0.25, 0.3) is 0 Å². The maximum atomic E-state index is 13.1. The Hall–Kier alpha value is -3.18. The first-order chi connectivity index (χ1) is 13.5. The molecule has 0 radical (unpaired) electrons. The van der Waals surface area contributed by atoms with Crippen molar-refractivity contribution in [1.82, 2.24) is 34.7 Å². The number of alkyl halides is 3. The summed E-state index contributed by atoms with van der Waals surface area (Å²) in [6.07, 6.45) is 2.76. The molecule has 1 aliphatic rings. The van der Waals surface area contributed by atoms with Crippen LogP contribution in [0.4, 0.5) is 30.8 Å². The van der Waals surface area contributed by atoms with Crippen LogP contribution in [0.25, 0.3) is 0 Å². The zero-order valence-electron chi connectivity index (χ0n) is 14.9. The van der Waals surface area contributed by atoms with Gasteiger partial charge in [-0.25, -0.2) is 9.67 Å². The monoisotopic (exact) mass is 393 g/mol. The molecule has 0 bridgehead atoms. The predicted octanol–water partition coefficient (Wildman–Crippen LogP) is 3.04. The zero-order chi connectivity index (χ0) is 19.7. The third-order valence-electron chi connectivity index (χ3n) is 4.55. The number of nitrogens with one attached hydrogen (secondary N) is 2. The predicted molar refractivity (Wildman–Crippen MR) is 94.0 cm³/mol. The number of aromatic nitrogens is 7. The quantitative estimate of drug-likeness (QED) is 0.664. The van der Waals surface area contributed by atoms with Crippen LogP contribution in [-0.4, -0.2) is 41.3 Å². The molecule has 12 heteroatoms. The second-order valence-electron chi connectivity index (χ2n) is 6.40. The van der Waals surface area contributed by atoms with E-state index < -0.39 is 11.7 Å². The number of halogens is 3. The van der Waals surface area contributed by atoms with E-state index >= 15 is 0 Å². The van der Waals surface area contributed by atoms with Crippen molar-refractivity contribution in [3.05, 3.63) is 36.4 Å². The van der Waals surface area contributed by atoms with Gasteiger partial charge >= 0.3 is 6.18 Å². The first-order valence-corrected chi connectivity index (χ1v) is 8.80. The van der Waals surface area contributed by atoms with Gasteiger partial charge in [-0.3, -0.25) is 0 Å². The highest BCUT2D eigenvalue weighted by atomic mass is 19.4. The van der Waals surface area contributed by atoms with E-state index in [4.69, 9.17) is 0 Å². The average molecular weight is 393 g/mol. The van der Waals surface area contributed by atoms with Crippen LogP contribution in [0.3, 0.4) is 0 Å². The summed E-state index contributed by atoms with van der Waals surface area (Å²) in [5.74, 6) is 0.418. The van der Waals surface area contributed by atoms with Crippen LogP contribution in [0.1, 0.15) is 37.4 Å². The summed E-state index contributed by atoms with van der Waals surface area (Å²) >= 11 is 0. The van der Waals surface area contributed by atoms with Crippen molar-refractivity contribution in [3.63, 3.8) is 0 Å². The fourth-order valence-corrected chi connectivity index (χ4v) is 3.13. The third-order valence-corrected chi connectivity index (χ3v) is 4.55. The molecule has 1 aliphatic carbocycles. The number of hydrogen-bond donors (Lipinski definition) is 2. The number of rotatable bonds is 6. The maximum Gasteiger partial charge on any atom is 0.421 e. The summed E-state index contributed by atoms with van der Waals surface area (Å²) in [4.78, 5) is 9.48. The van der Waals surface area contributed by atoms with E-state index in [1.165, 1.54) is 0 Å². The van der Waals surface area contributed by atoms with Crippen LogP contribution >= 0.6 is 0 Å². The van der Waals surface area contributed by atoms with Crippen molar-refractivity contribution in [2.75, 3.05) is 17.2 Å². The van der Waals surface area contributed by atoms with Crippen molar-refractivity contribution in [2.24, 2.45) is 0 Å². The van der Waals surface area contributed by atoms with Crippen LogP contribution in [0.5, 0.6) is 0 Å². The van der Waals surface area contributed by atoms with E-state index in [0.717, 1.165) is 19.0 Å². The van der Waals surface area contributed by atoms with Gasteiger partial charge in [0.15, 0.2) is 0 Å². The molecule has 9 nitrogen and oxygen atoms in total. The Bertz CT molecular complexity index is 929. The van der Waals surface area contributed by atoms with Gasteiger partial charge in [-0.2, -0.15) is 38.2 Å². The summed E-state index contributed by atoms with van der Waals surface area (Å²) in [7, 11) is 0. The molecule has 0 aliphatic heterocycles. The van der Waals surface area contributed by atoms with E-state index in [9.17, 15) is 13.2 Å². The molecule has 28 heavy (non-hydrogen) atoms. The van der Waals surface area contributed by atoms with Crippen molar-refractivity contribution in [1.29, 1.82) is 0 Å². The third kappa shape index (κ3) is 3.49. The van der Waals surface area contributed by atoms with Crippen LogP contribution in [-0.2, 0) is 6.18 Å². The fraction of sp³-hybridized carbons (Fsp3) is 0.438. The van der Waals surface area contributed by atoms with Crippen LogP contribution in [0.15, 0.2) is 30.9 Å². The second kappa shape index (κ2) is 7.09. The van der Waals surface area contributed by atoms with E-state index in [1.54, 1.807) is 41.1 Å². The van der Waals surface area contributed by atoms with E-state index in [-0.39, 0.29) is 23.8 Å². The zero-order valence-corrected chi connectivity index (χ0v) is 14.9. The van der Waals surface area contributed by atoms with E-state index in [2.05, 4.69) is 35.9 Å². The number of hydrogen-bond acceptors (Lipinski definition) is 7. The minimum Gasteiger partial charge on any atom is -0.370 e. The SMILES string of the molecule is CCNc1nc(Nc2ccnn2[C@H]2C[C@@H](n3nccn3)C2)ncc1C(F)(F)F. The molecular weight excluding hydrogens is 375 g/mol. The van der Waals surface area contributed by atoms with Gasteiger partial charge in [-0.15, -0.1) is 0 Å². The molecule has 0 aromatic carbocycles. The summed E-state index contributed by atoms with van der Waals surface area (Å²) in [6.45, 7) is 2.01. The lowest BCUT2D eigenvalue weighted by Crippen LogP contribution is -2.31. The smallest absolute Gasteiger partial charge is 0.370 e. The summed E-state index contributed by atoms with van der Waals surface area (Å²) in [5.41, 5.74) is -0.901. The summed E-state index contributed by atoms with van der Waals surface area (Å²) in [5, 5.41) is 18.2. The van der Waals surface area contributed by atoms with Crippen LogP contribution in [0.2, 0.25) is 0 Å². The van der Waals surface area contributed by atoms with Crippen molar-refractivity contribution >= 4 is 17.6 Å². The minimum absolute atomic E-state index is 0.0651. The van der Waals surface area contributed by atoms with Crippen LogP contribution in [0, 0.1) is 0 Å². The summed E-state index contributed by atoms with van der Waals surface area (Å²) < 4.78 is 41.1. The summed E-state index contributed by atoms with van der Waals surface area (Å²) in [6, 6.07) is 2.07. The number of anilines is 3. The van der Waals surface area contributed by atoms with Crippen molar-refractivity contribution in [3.8, 4) is 0 Å². The molecular formula is C16H18F3N9. The molecule has 0 amide bonds. The molecule has 0 atom stereocenters. The second-order valence-corrected chi connectivity index (χ2v) is 6.40. The molecule has 2 N–H and O–H groups in total. The standard InChI is InChI=1S/C16H18F3N9/c1-2-20-14-12(16(17,18)19)9-21-15(26-14)25-13-3-4-22-27(13)10-7-11(8-10)28-23-5-6-24-28/h3-6,9-11H,2,7-8H2,1H3,(H2,20,21,25,26)/t10-,11+. The lowest BCUT2D eigenvalue weighted by atomic mass is 9.87. The first kappa shape index (κ1) is 18.2. The molecule has 3 heterocycles. The lowest BCUT2D eigenvalue weighted by molar-refractivity contribution is -0.137. The Morgan fingerprint density at radius 1 is 1.11 bits per heavy atom. The highest BCUT2D eigenvalue weighted by Crippen LogP contribution is 2.41. The van der Waals surface area contributed by atoms with E-state index in [0.29, 0.717) is 12.4 Å². The Morgan fingerprint density at radius 2 is 1.86 bits per heavy atom. The van der Waals surface area contributed by atoms with Gasteiger partial charge in [0.05, 0.1) is 30.7 Å². The van der Waals surface area contributed by atoms with Gasteiger partial charge in [-0.1, -0.05) is 0 Å². The topological polar surface area (TPSA) is 98.4 Å². The minimum atomic E-state index is -4.53. The Morgan fingerprint density at radius 3 is 2.54 bits per heavy atom. The largest absolute Gasteiger partial charge is 0.421 e. The molecule has 148 valence electrons. The van der Waals surface area contributed by atoms with Gasteiger partial charge in [-0.05, 0) is 19.8 Å². The Labute approximate surface area is 158 Å². The van der Waals surface area contributed by atoms with Gasteiger partial charge in [0, 0.05) is 18.8 Å². The molecule has 0 spiro atoms. The first-order valence-electron chi connectivity index (χ1n) is 8.80. The molecule has 0 unspecified atom stereocenters. The molecule has 1 fully saturated rings. The molecule has 0 saturated heterocycles. The molecule has 3 aromatic rings. The lowest BCUT2D eigenvalue weighted by Gasteiger charge is -2.35. The molecule has 3 aromatic heterocycles. The average Bonchev–Trinajstić information content (AvgIpc) is 3.26. The van der Waals surface area contributed by atoms with Gasteiger partial charge < -0.3 is 10.6 Å². The van der Waals surface area contributed by atoms with Crippen LogP contribution < -0.4 is 10.6 Å². The normalized spacial score (nSPS) is 19.3.